The van der Waals surface area contributed by atoms with E-state index in [1.165, 1.54) is 0 Å². The molecule has 8 heteroatoms. The standard InChI is InChI=1S/C17H37N3O3S.HI/c1-7-10-17(21,11-8-2)14-20-15(18-9-3)19-12-13-24(22,23)16(4,5)6;/h21H,7-14H2,1-6H3,(H2,18,19,20);1H. The highest BCUT2D eigenvalue weighted by molar-refractivity contribution is 14.0. The van der Waals surface area contributed by atoms with Crippen LogP contribution in [-0.4, -0.2) is 55.2 Å². The van der Waals surface area contributed by atoms with Crippen molar-refractivity contribution in [1.29, 1.82) is 0 Å². The molecule has 6 nitrogen and oxygen atoms in total. The van der Waals surface area contributed by atoms with Gasteiger partial charge in [0.25, 0.3) is 0 Å². The maximum Gasteiger partial charge on any atom is 0.191 e. The van der Waals surface area contributed by atoms with Gasteiger partial charge in [-0.3, -0.25) is 4.99 Å². The summed E-state index contributed by atoms with van der Waals surface area (Å²) < 4.78 is 23.5. The Morgan fingerprint density at radius 2 is 1.56 bits per heavy atom. The molecule has 0 aliphatic rings. The van der Waals surface area contributed by atoms with Gasteiger partial charge in [-0.1, -0.05) is 26.7 Å². The average Bonchev–Trinajstić information content (AvgIpc) is 2.44. The summed E-state index contributed by atoms with van der Waals surface area (Å²) >= 11 is 0. The Kier molecular flexibility index (Phi) is 13.4. The third-order valence-electron chi connectivity index (χ3n) is 3.90. The van der Waals surface area contributed by atoms with Gasteiger partial charge >= 0.3 is 0 Å². The zero-order valence-electron chi connectivity index (χ0n) is 16.7. The first-order chi connectivity index (χ1) is 11.0. The minimum atomic E-state index is -3.16. The van der Waals surface area contributed by atoms with Crippen LogP contribution in [0, 0.1) is 0 Å². The molecule has 0 unspecified atom stereocenters. The third kappa shape index (κ3) is 10.6. The minimum Gasteiger partial charge on any atom is -0.388 e. The normalized spacial score (nSPS) is 13.3. The summed E-state index contributed by atoms with van der Waals surface area (Å²) in [5, 5.41) is 16.8. The lowest BCUT2D eigenvalue weighted by molar-refractivity contribution is 0.0306. The van der Waals surface area contributed by atoms with Crippen LogP contribution < -0.4 is 10.6 Å². The van der Waals surface area contributed by atoms with E-state index in [-0.39, 0.29) is 29.7 Å². The lowest BCUT2D eigenvalue weighted by Crippen LogP contribution is -2.43. The van der Waals surface area contributed by atoms with Crippen molar-refractivity contribution in [3.05, 3.63) is 0 Å². The highest BCUT2D eigenvalue weighted by Crippen LogP contribution is 2.20. The van der Waals surface area contributed by atoms with Crippen molar-refractivity contribution in [2.75, 3.05) is 25.4 Å². The van der Waals surface area contributed by atoms with Crippen LogP contribution in [0.5, 0.6) is 0 Å². The number of sulfone groups is 1. The highest BCUT2D eigenvalue weighted by atomic mass is 127. The topological polar surface area (TPSA) is 90.8 Å². The second-order valence-electron chi connectivity index (χ2n) is 7.28. The first-order valence-electron chi connectivity index (χ1n) is 8.98. The van der Waals surface area contributed by atoms with Crippen molar-refractivity contribution in [2.45, 2.75) is 77.6 Å². The number of hydrogen-bond acceptors (Lipinski definition) is 4. The Labute approximate surface area is 171 Å². The lowest BCUT2D eigenvalue weighted by atomic mass is 9.93. The quantitative estimate of drug-likeness (QED) is 0.248. The molecule has 152 valence electrons. The summed E-state index contributed by atoms with van der Waals surface area (Å²) in [7, 11) is -3.16. The minimum absolute atomic E-state index is 0. The second kappa shape index (κ2) is 12.3. The number of nitrogens with one attached hydrogen (secondary N) is 2. The first-order valence-corrected chi connectivity index (χ1v) is 10.6. The van der Waals surface area contributed by atoms with Gasteiger partial charge in [0.15, 0.2) is 15.8 Å². The Morgan fingerprint density at radius 3 is 1.96 bits per heavy atom. The van der Waals surface area contributed by atoms with Crippen LogP contribution in [0.1, 0.15) is 67.2 Å². The number of hydrogen-bond donors (Lipinski definition) is 3. The fourth-order valence-corrected chi connectivity index (χ4v) is 3.37. The fourth-order valence-electron chi connectivity index (χ4n) is 2.39. The van der Waals surface area contributed by atoms with E-state index in [1.54, 1.807) is 20.8 Å². The molecule has 0 spiro atoms. The van der Waals surface area contributed by atoms with Crippen molar-refractivity contribution in [2.24, 2.45) is 4.99 Å². The molecule has 0 fully saturated rings. The van der Waals surface area contributed by atoms with Crippen molar-refractivity contribution in [1.82, 2.24) is 10.6 Å². The predicted octanol–water partition coefficient (Wildman–Crippen LogP) is 2.70. The highest BCUT2D eigenvalue weighted by Gasteiger charge is 2.28. The number of guanidine groups is 1. The molecule has 0 radical (unpaired) electrons. The third-order valence-corrected chi connectivity index (χ3v) is 6.51. The number of halogens is 1. The fraction of sp³-hybridized carbons (Fsp3) is 0.941. The van der Waals surface area contributed by atoms with Crippen LogP contribution in [0.3, 0.4) is 0 Å². The molecule has 3 N–H and O–H groups in total. The van der Waals surface area contributed by atoms with Gasteiger partial charge in [0, 0.05) is 13.1 Å². The monoisotopic (exact) mass is 491 g/mol. The predicted molar refractivity (Wildman–Crippen MR) is 118 cm³/mol. The smallest absolute Gasteiger partial charge is 0.191 e. The van der Waals surface area contributed by atoms with Gasteiger partial charge in [0.1, 0.15) is 0 Å². The Bertz CT molecular complexity index is 482. The molecule has 0 saturated heterocycles. The molecule has 0 aromatic heterocycles. The summed E-state index contributed by atoms with van der Waals surface area (Å²) in [5.74, 6) is 0.599. The van der Waals surface area contributed by atoms with Crippen LogP contribution in [-0.2, 0) is 9.84 Å². The van der Waals surface area contributed by atoms with Crippen molar-refractivity contribution in [3.63, 3.8) is 0 Å². The molecule has 0 saturated carbocycles. The summed E-state index contributed by atoms with van der Waals surface area (Å²) in [6, 6.07) is 0. The summed E-state index contributed by atoms with van der Waals surface area (Å²) in [4.78, 5) is 4.45. The van der Waals surface area contributed by atoms with Gasteiger partial charge in [-0.05, 0) is 40.5 Å². The molecule has 0 bridgehead atoms. The second-order valence-corrected chi connectivity index (χ2v) is 10.1. The Morgan fingerprint density at radius 1 is 1.04 bits per heavy atom. The van der Waals surface area contributed by atoms with E-state index < -0.39 is 20.2 Å². The Balaban J connectivity index is 0. The van der Waals surface area contributed by atoms with Crippen molar-refractivity contribution < 1.29 is 13.5 Å². The maximum atomic E-state index is 12.1. The first kappa shape index (κ1) is 27.1. The zero-order valence-corrected chi connectivity index (χ0v) is 19.8. The van der Waals surface area contributed by atoms with Crippen molar-refractivity contribution in [3.8, 4) is 0 Å². The van der Waals surface area contributed by atoms with Crippen LogP contribution in [0.4, 0.5) is 0 Å². The number of nitrogens with zero attached hydrogens (tertiary/aromatic N) is 1. The van der Waals surface area contributed by atoms with E-state index in [1.807, 2.05) is 20.8 Å². The van der Waals surface area contributed by atoms with Crippen LogP contribution in [0.2, 0.25) is 0 Å². The molecule has 0 heterocycles. The molecule has 0 aliphatic carbocycles. The van der Waals surface area contributed by atoms with Crippen LogP contribution >= 0.6 is 24.0 Å². The molecule has 0 aliphatic heterocycles. The van der Waals surface area contributed by atoms with Gasteiger partial charge in [-0.25, -0.2) is 8.42 Å². The van der Waals surface area contributed by atoms with Crippen LogP contribution in [0.15, 0.2) is 4.99 Å². The molecule has 0 rings (SSSR count). The van der Waals surface area contributed by atoms with Gasteiger partial charge in [0.05, 0.1) is 22.6 Å². The number of rotatable bonds is 10. The molecular formula is C17H38IN3O3S. The van der Waals surface area contributed by atoms with E-state index in [0.29, 0.717) is 38.4 Å². The largest absolute Gasteiger partial charge is 0.388 e. The molecule has 25 heavy (non-hydrogen) atoms. The van der Waals surface area contributed by atoms with E-state index in [4.69, 9.17) is 0 Å². The van der Waals surface area contributed by atoms with Gasteiger partial charge in [-0.15, -0.1) is 24.0 Å². The molecule has 0 atom stereocenters. The maximum absolute atomic E-state index is 12.1. The van der Waals surface area contributed by atoms with E-state index >= 15 is 0 Å². The lowest BCUT2D eigenvalue weighted by Gasteiger charge is -2.26. The molecule has 0 amide bonds. The van der Waals surface area contributed by atoms with Crippen LogP contribution in [0.25, 0.3) is 0 Å². The van der Waals surface area contributed by atoms with Crippen molar-refractivity contribution >= 4 is 39.8 Å². The van der Waals surface area contributed by atoms with E-state index in [9.17, 15) is 13.5 Å². The average molecular weight is 491 g/mol. The van der Waals surface area contributed by atoms with E-state index in [0.717, 1.165) is 12.8 Å². The molecule has 0 aromatic rings. The molecular weight excluding hydrogens is 453 g/mol. The molecule has 0 aromatic carbocycles. The Hall–Kier alpha value is -0.0900. The van der Waals surface area contributed by atoms with Gasteiger partial charge in [-0.2, -0.15) is 0 Å². The number of aliphatic imine (C=N–C) groups is 1. The van der Waals surface area contributed by atoms with Gasteiger partial charge < -0.3 is 15.7 Å². The summed E-state index contributed by atoms with van der Waals surface area (Å²) in [5.41, 5.74) is -0.788. The summed E-state index contributed by atoms with van der Waals surface area (Å²) in [6.45, 7) is 12.5. The van der Waals surface area contributed by atoms with Gasteiger partial charge in [0.2, 0.25) is 0 Å². The number of aliphatic hydroxyl groups is 1. The van der Waals surface area contributed by atoms with E-state index in [2.05, 4.69) is 15.6 Å². The zero-order chi connectivity index (χ0) is 18.9. The summed E-state index contributed by atoms with van der Waals surface area (Å²) in [6.07, 6.45) is 3.23. The SMILES string of the molecule is CCCC(O)(CCC)CN=C(NCC)NCCS(=O)(=O)C(C)(C)C.I.